The number of nitrogens with zero attached hydrogens (tertiary/aromatic N) is 3. The third-order valence-corrected chi connectivity index (χ3v) is 2.10. The average molecular weight is 205 g/mol. The number of carbonyl (C=O) groups is 1. The van der Waals surface area contributed by atoms with Gasteiger partial charge in [0.2, 0.25) is 0 Å². The molecule has 0 amide bonds. The van der Waals surface area contributed by atoms with Crippen LogP contribution in [-0.4, -0.2) is 24.4 Å². The van der Waals surface area contributed by atoms with Crippen LogP contribution in [0.4, 0.5) is 5.69 Å². The summed E-state index contributed by atoms with van der Waals surface area (Å²) >= 11 is 0. The molecule has 0 N–H and O–H groups in total. The van der Waals surface area contributed by atoms with Gasteiger partial charge in [0.25, 0.3) is 0 Å². The highest BCUT2D eigenvalue weighted by atomic mass is 16.1. The normalized spacial score (nSPS) is 10.9. The standard InChI is InChI=1S/C11H15N3O/c1-9(2)14(3)13-12-11-7-5-4-6-10(11)8-15/h4-9H,1-3H3. The maximum atomic E-state index is 10.7. The Hall–Kier alpha value is -1.71. The van der Waals surface area contributed by atoms with E-state index in [4.69, 9.17) is 0 Å². The molecule has 0 aromatic heterocycles. The van der Waals surface area contributed by atoms with Crippen molar-refractivity contribution in [3.63, 3.8) is 0 Å². The fourth-order valence-electron chi connectivity index (χ4n) is 0.900. The molecule has 0 spiro atoms. The fraction of sp³-hybridized carbons (Fsp3) is 0.364. The number of aldehydes is 1. The van der Waals surface area contributed by atoms with E-state index in [-0.39, 0.29) is 6.04 Å². The second kappa shape index (κ2) is 5.24. The van der Waals surface area contributed by atoms with Crippen LogP contribution in [0, 0.1) is 0 Å². The molecule has 0 fully saturated rings. The molecule has 0 heterocycles. The first-order chi connectivity index (χ1) is 7.15. The summed E-state index contributed by atoms with van der Waals surface area (Å²) in [5.41, 5.74) is 1.15. The molecule has 4 heteroatoms. The first kappa shape index (κ1) is 11.4. The Balaban J connectivity index is 2.84. The van der Waals surface area contributed by atoms with Crippen LogP contribution in [-0.2, 0) is 0 Å². The van der Waals surface area contributed by atoms with E-state index in [0.29, 0.717) is 11.3 Å². The van der Waals surface area contributed by atoms with Gasteiger partial charge in [-0.15, -0.1) is 5.11 Å². The molecule has 1 rings (SSSR count). The Labute approximate surface area is 89.6 Å². The van der Waals surface area contributed by atoms with Crippen molar-refractivity contribution >= 4 is 12.0 Å². The highest BCUT2D eigenvalue weighted by Crippen LogP contribution is 2.17. The monoisotopic (exact) mass is 205 g/mol. The lowest BCUT2D eigenvalue weighted by atomic mass is 10.2. The third-order valence-electron chi connectivity index (χ3n) is 2.10. The summed E-state index contributed by atoms with van der Waals surface area (Å²) in [5, 5.41) is 9.76. The predicted octanol–water partition coefficient (Wildman–Crippen LogP) is 2.84. The Kier molecular flexibility index (Phi) is 3.97. The number of benzene rings is 1. The first-order valence-corrected chi connectivity index (χ1v) is 4.84. The summed E-state index contributed by atoms with van der Waals surface area (Å²) in [6.45, 7) is 4.04. The molecule has 0 unspecified atom stereocenters. The van der Waals surface area contributed by atoms with Crippen molar-refractivity contribution in [1.82, 2.24) is 5.01 Å². The molecule has 0 radical (unpaired) electrons. The number of hydrogen-bond donors (Lipinski definition) is 0. The van der Waals surface area contributed by atoms with Crippen LogP contribution in [0.2, 0.25) is 0 Å². The van der Waals surface area contributed by atoms with Gasteiger partial charge in [-0.25, -0.2) is 0 Å². The molecule has 1 aromatic rings. The fourth-order valence-corrected chi connectivity index (χ4v) is 0.900. The molecule has 0 saturated heterocycles. The molecule has 0 aliphatic heterocycles. The highest BCUT2D eigenvalue weighted by Gasteiger charge is 2.00. The van der Waals surface area contributed by atoms with Crippen LogP contribution in [0.15, 0.2) is 34.6 Å². The number of carbonyl (C=O) groups excluding carboxylic acids is 1. The van der Waals surface area contributed by atoms with Crippen LogP contribution >= 0.6 is 0 Å². The average Bonchev–Trinajstić information content (AvgIpc) is 2.26. The van der Waals surface area contributed by atoms with E-state index in [1.165, 1.54) is 0 Å². The van der Waals surface area contributed by atoms with Crippen molar-refractivity contribution in [1.29, 1.82) is 0 Å². The second-order valence-electron chi connectivity index (χ2n) is 3.53. The molecule has 0 aliphatic carbocycles. The molecule has 0 aliphatic rings. The van der Waals surface area contributed by atoms with E-state index in [9.17, 15) is 4.79 Å². The summed E-state index contributed by atoms with van der Waals surface area (Å²) in [6, 6.07) is 7.40. The van der Waals surface area contributed by atoms with Gasteiger partial charge in [-0.1, -0.05) is 17.4 Å². The number of rotatable bonds is 4. The molecular weight excluding hydrogens is 190 g/mol. The van der Waals surface area contributed by atoms with E-state index in [2.05, 4.69) is 10.3 Å². The number of hydrogen-bond acceptors (Lipinski definition) is 3. The summed E-state index contributed by atoms with van der Waals surface area (Å²) in [4.78, 5) is 10.7. The topological polar surface area (TPSA) is 45.0 Å². The van der Waals surface area contributed by atoms with Crippen molar-refractivity contribution in [2.45, 2.75) is 19.9 Å². The molecular formula is C11H15N3O. The van der Waals surface area contributed by atoms with Gasteiger partial charge in [0.15, 0.2) is 6.29 Å². The van der Waals surface area contributed by atoms with E-state index in [1.54, 1.807) is 23.2 Å². The van der Waals surface area contributed by atoms with Crippen molar-refractivity contribution in [3.8, 4) is 0 Å². The van der Waals surface area contributed by atoms with Gasteiger partial charge in [-0.2, -0.15) is 0 Å². The van der Waals surface area contributed by atoms with Crippen LogP contribution in [0.25, 0.3) is 0 Å². The Bertz CT molecular complexity index is 361. The van der Waals surface area contributed by atoms with Crippen molar-refractivity contribution in [3.05, 3.63) is 29.8 Å². The van der Waals surface area contributed by atoms with Gasteiger partial charge in [0.05, 0.1) is 5.69 Å². The maximum absolute atomic E-state index is 10.7. The minimum Gasteiger partial charge on any atom is -0.298 e. The minimum atomic E-state index is 0.289. The molecule has 0 bridgehead atoms. The quantitative estimate of drug-likeness (QED) is 0.431. The molecule has 0 atom stereocenters. The van der Waals surface area contributed by atoms with Crippen molar-refractivity contribution in [2.24, 2.45) is 10.3 Å². The Morgan fingerprint density at radius 3 is 2.60 bits per heavy atom. The zero-order chi connectivity index (χ0) is 11.3. The summed E-state index contributed by atoms with van der Waals surface area (Å²) in [6.07, 6.45) is 0.781. The third kappa shape index (κ3) is 3.16. The zero-order valence-corrected chi connectivity index (χ0v) is 9.21. The van der Waals surface area contributed by atoms with Gasteiger partial charge in [-0.3, -0.25) is 9.80 Å². The lowest BCUT2D eigenvalue weighted by Crippen LogP contribution is -2.19. The summed E-state index contributed by atoms with van der Waals surface area (Å²) < 4.78 is 0. The van der Waals surface area contributed by atoms with Crippen LogP contribution in [0.5, 0.6) is 0 Å². The molecule has 4 nitrogen and oxygen atoms in total. The van der Waals surface area contributed by atoms with Gasteiger partial charge in [0.1, 0.15) is 0 Å². The van der Waals surface area contributed by atoms with E-state index >= 15 is 0 Å². The molecule has 15 heavy (non-hydrogen) atoms. The first-order valence-electron chi connectivity index (χ1n) is 4.84. The SMILES string of the molecule is CC(C)N(C)N=Nc1ccccc1C=O. The molecule has 1 aromatic carbocycles. The lowest BCUT2D eigenvalue weighted by Gasteiger charge is -2.14. The van der Waals surface area contributed by atoms with Crippen LogP contribution < -0.4 is 0 Å². The van der Waals surface area contributed by atoms with E-state index in [1.807, 2.05) is 27.0 Å². The summed E-state index contributed by atoms with van der Waals surface area (Å²) in [5.74, 6) is 0. The largest absolute Gasteiger partial charge is 0.298 e. The van der Waals surface area contributed by atoms with Gasteiger partial charge in [0, 0.05) is 18.7 Å². The maximum Gasteiger partial charge on any atom is 0.152 e. The Morgan fingerprint density at radius 2 is 2.00 bits per heavy atom. The smallest absolute Gasteiger partial charge is 0.152 e. The highest BCUT2D eigenvalue weighted by molar-refractivity contribution is 5.82. The van der Waals surface area contributed by atoms with Gasteiger partial charge in [-0.05, 0) is 26.0 Å². The minimum absolute atomic E-state index is 0.289. The van der Waals surface area contributed by atoms with E-state index in [0.717, 1.165) is 6.29 Å². The van der Waals surface area contributed by atoms with Crippen LogP contribution in [0.3, 0.4) is 0 Å². The zero-order valence-electron chi connectivity index (χ0n) is 9.21. The van der Waals surface area contributed by atoms with E-state index < -0.39 is 0 Å². The second-order valence-corrected chi connectivity index (χ2v) is 3.53. The summed E-state index contributed by atoms with van der Waals surface area (Å²) in [7, 11) is 1.84. The predicted molar refractivity (Wildman–Crippen MR) is 59.2 cm³/mol. The Morgan fingerprint density at radius 1 is 1.33 bits per heavy atom. The van der Waals surface area contributed by atoms with Gasteiger partial charge >= 0.3 is 0 Å². The van der Waals surface area contributed by atoms with Crippen LogP contribution in [0.1, 0.15) is 24.2 Å². The van der Waals surface area contributed by atoms with Crippen molar-refractivity contribution in [2.75, 3.05) is 7.05 Å². The van der Waals surface area contributed by atoms with Crippen molar-refractivity contribution < 1.29 is 4.79 Å². The van der Waals surface area contributed by atoms with Gasteiger partial charge < -0.3 is 0 Å². The lowest BCUT2D eigenvalue weighted by molar-refractivity contribution is 0.112. The molecule has 0 saturated carbocycles. The molecule has 80 valence electrons.